The fraction of sp³-hybridized carbons (Fsp3) is 0.611. The van der Waals surface area contributed by atoms with Gasteiger partial charge in [-0.05, 0) is 30.2 Å². The highest BCUT2D eigenvalue weighted by molar-refractivity contribution is 5.86. The van der Waals surface area contributed by atoms with Crippen molar-refractivity contribution in [2.45, 2.75) is 58.3 Å². The smallest absolute Gasteiger partial charge is 0.245 e. The van der Waals surface area contributed by atoms with E-state index in [4.69, 9.17) is 0 Å². The third-order valence-corrected chi connectivity index (χ3v) is 4.79. The second-order valence-corrected chi connectivity index (χ2v) is 6.87. The molecule has 3 nitrogen and oxygen atoms in total. The molecule has 4 unspecified atom stereocenters. The normalized spacial score (nSPS) is 32.0. The molecule has 1 heterocycles. The monoisotopic (exact) mass is 286 g/mol. The largest absolute Gasteiger partial charge is 0.322 e. The minimum Gasteiger partial charge on any atom is -0.322 e. The molecule has 4 atom stereocenters. The predicted octanol–water partition coefficient (Wildman–Crippen LogP) is 3.33. The number of nitrogens with one attached hydrogen (secondary N) is 1. The minimum absolute atomic E-state index is 0.159. The molecule has 114 valence electrons. The van der Waals surface area contributed by atoms with Crippen molar-refractivity contribution in [2.75, 3.05) is 0 Å². The van der Waals surface area contributed by atoms with Gasteiger partial charge in [-0.1, -0.05) is 57.5 Å². The van der Waals surface area contributed by atoms with E-state index >= 15 is 0 Å². The Morgan fingerprint density at radius 2 is 2.00 bits per heavy atom. The first-order chi connectivity index (χ1) is 10.1. The summed E-state index contributed by atoms with van der Waals surface area (Å²) >= 11 is 0. The van der Waals surface area contributed by atoms with Crippen LogP contribution in [0.5, 0.6) is 0 Å². The molecule has 3 heteroatoms. The number of hydrogen-bond donors (Lipinski definition) is 1. The van der Waals surface area contributed by atoms with E-state index < -0.39 is 0 Å². The first-order valence-electron chi connectivity index (χ1n) is 8.25. The Bertz CT molecular complexity index is 499. The lowest BCUT2D eigenvalue weighted by atomic mass is 10.1. The Balaban J connectivity index is 1.81. The molecule has 3 rings (SSSR count). The number of amides is 1. The molecule has 1 aliphatic heterocycles. The average molecular weight is 286 g/mol. The molecule has 1 aromatic rings. The van der Waals surface area contributed by atoms with Crippen LogP contribution >= 0.6 is 0 Å². The molecule has 1 N–H and O–H groups in total. The lowest BCUT2D eigenvalue weighted by Gasteiger charge is -2.26. The molecular weight excluding hydrogens is 260 g/mol. The van der Waals surface area contributed by atoms with Crippen molar-refractivity contribution in [3.63, 3.8) is 0 Å². The second kappa shape index (κ2) is 5.80. The number of hydrogen-bond acceptors (Lipinski definition) is 2. The summed E-state index contributed by atoms with van der Waals surface area (Å²) in [4.78, 5) is 15.1. The maximum atomic E-state index is 12.9. The maximum absolute atomic E-state index is 12.9. The molecule has 2 aliphatic rings. The van der Waals surface area contributed by atoms with E-state index in [2.05, 4.69) is 43.1 Å². The summed E-state index contributed by atoms with van der Waals surface area (Å²) in [6.45, 7) is 6.68. The topological polar surface area (TPSA) is 32.3 Å². The first-order valence-corrected chi connectivity index (χ1v) is 8.25. The van der Waals surface area contributed by atoms with Crippen molar-refractivity contribution >= 4 is 5.91 Å². The van der Waals surface area contributed by atoms with Crippen molar-refractivity contribution in [1.82, 2.24) is 10.2 Å². The first kappa shape index (κ1) is 14.6. The standard InChI is InChI=1S/C18H26N2O/c1-4-13-11-15(13)20-16(10-12(2)3)19-17(18(20)21)14-8-6-5-7-9-14/h5-9,12-13,15-17,19H,4,10-11H2,1-3H3. The van der Waals surface area contributed by atoms with Gasteiger partial charge in [-0.3, -0.25) is 10.1 Å². The van der Waals surface area contributed by atoms with Crippen molar-refractivity contribution in [3.05, 3.63) is 35.9 Å². The number of benzene rings is 1. The molecule has 21 heavy (non-hydrogen) atoms. The van der Waals surface area contributed by atoms with E-state index in [9.17, 15) is 4.79 Å². The Labute approximate surface area is 127 Å². The van der Waals surface area contributed by atoms with Crippen LogP contribution in [0, 0.1) is 11.8 Å². The quantitative estimate of drug-likeness (QED) is 0.900. The highest BCUT2D eigenvalue weighted by atomic mass is 16.2. The van der Waals surface area contributed by atoms with Gasteiger partial charge in [0, 0.05) is 6.04 Å². The third kappa shape index (κ3) is 2.84. The zero-order valence-electron chi connectivity index (χ0n) is 13.3. The summed E-state index contributed by atoms with van der Waals surface area (Å²) in [5.41, 5.74) is 1.09. The van der Waals surface area contributed by atoms with E-state index in [0.29, 0.717) is 17.9 Å². The van der Waals surface area contributed by atoms with Gasteiger partial charge in [0.1, 0.15) is 6.04 Å². The average Bonchev–Trinajstić information content (AvgIpc) is 3.17. The number of rotatable bonds is 5. The fourth-order valence-corrected chi connectivity index (χ4v) is 3.56. The lowest BCUT2D eigenvalue weighted by Crippen LogP contribution is -2.40. The SMILES string of the molecule is CCC1CC1N1C(=O)C(c2ccccc2)NC1CC(C)C. The van der Waals surface area contributed by atoms with Crippen LogP contribution in [0.1, 0.15) is 51.6 Å². The minimum atomic E-state index is -0.159. The van der Waals surface area contributed by atoms with Crippen LogP contribution in [0.3, 0.4) is 0 Å². The maximum Gasteiger partial charge on any atom is 0.245 e. The summed E-state index contributed by atoms with van der Waals surface area (Å²) in [5.74, 6) is 1.57. The number of carbonyl (C=O) groups is 1. The summed E-state index contributed by atoms with van der Waals surface area (Å²) in [5, 5.41) is 3.58. The van der Waals surface area contributed by atoms with Crippen LogP contribution in [0.25, 0.3) is 0 Å². The van der Waals surface area contributed by atoms with Crippen LogP contribution in [-0.4, -0.2) is 23.0 Å². The molecule has 0 radical (unpaired) electrons. The number of carbonyl (C=O) groups excluding carboxylic acids is 1. The van der Waals surface area contributed by atoms with Gasteiger partial charge in [-0.2, -0.15) is 0 Å². The van der Waals surface area contributed by atoms with E-state index in [-0.39, 0.29) is 18.1 Å². The summed E-state index contributed by atoms with van der Waals surface area (Å²) < 4.78 is 0. The summed E-state index contributed by atoms with van der Waals surface area (Å²) in [6, 6.07) is 10.4. The van der Waals surface area contributed by atoms with Gasteiger partial charge in [0.05, 0.1) is 6.17 Å². The van der Waals surface area contributed by atoms with Crippen LogP contribution in [0.15, 0.2) is 30.3 Å². The highest BCUT2D eigenvalue weighted by Crippen LogP contribution is 2.43. The molecule has 0 spiro atoms. The predicted molar refractivity (Wildman–Crippen MR) is 84.6 cm³/mol. The molecule has 2 fully saturated rings. The fourth-order valence-electron chi connectivity index (χ4n) is 3.56. The van der Waals surface area contributed by atoms with Gasteiger partial charge in [-0.15, -0.1) is 0 Å². The molecule has 1 aromatic carbocycles. The van der Waals surface area contributed by atoms with Crippen LogP contribution in [0.4, 0.5) is 0 Å². The van der Waals surface area contributed by atoms with E-state index in [1.54, 1.807) is 0 Å². The van der Waals surface area contributed by atoms with E-state index in [0.717, 1.165) is 12.0 Å². The Kier molecular flexibility index (Phi) is 4.03. The van der Waals surface area contributed by atoms with E-state index in [1.807, 2.05) is 18.2 Å². The summed E-state index contributed by atoms with van der Waals surface area (Å²) in [7, 11) is 0. The zero-order chi connectivity index (χ0) is 15.0. The van der Waals surface area contributed by atoms with Crippen molar-refractivity contribution in [2.24, 2.45) is 11.8 Å². The molecule has 1 saturated carbocycles. The molecule has 0 aromatic heterocycles. The highest BCUT2D eigenvalue weighted by Gasteiger charge is 2.50. The second-order valence-electron chi connectivity index (χ2n) is 6.87. The van der Waals surface area contributed by atoms with Crippen LogP contribution < -0.4 is 5.32 Å². The van der Waals surface area contributed by atoms with Gasteiger partial charge in [0.25, 0.3) is 0 Å². The summed E-state index contributed by atoms with van der Waals surface area (Å²) in [6.07, 6.45) is 3.59. The zero-order valence-corrected chi connectivity index (χ0v) is 13.3. The van der Waals surface area contributed by atoms with Crippen molar-refractivity contribution in [3.8, 4) is 0 Å². The van der Waals surface area contributed by atoms with Crippen molar-refractivity contribution in [1.29, 1.82) is 0 Å². The van der Waals surface area contributed by atoms with Gasteiger partial charge >= 0.3 is 0 Å². The van der Waals surface area contributed by atoms with Gasteiger partial charge in [0.2, 0.25) is 5.91 Å². The van der Waals surface area contributed by atoms with Gasteiger partial charge in [0.15, 0.2) is 0 Å². The molecule has 1 aliphatic carbocycles. The van der Waals surface area contributed by atoms with Gasteiger partial charge < -0.3 is 4.90 Å². The lowest BCUT2D eigenvalue weighted by molar-refractivity contribution is -0.131. The van der Waals surface area contributed by atoms with Crippen molar-refractivity contribution < 1.29 is 4.79 Å². The number of nitrogens with zero attached hydrogens (tertiary/aromatic N) is 1. The Hall–Kier alpha value is -1.35. The Morgan fingerprint density at radius 1 is 1.29 bits per heavy atom. The molecular formula is C18H26N2O. The molecule has 1 amide bonds. The van der Waals surface area contributed by atoms with E-state index in [1.165, 1.54) is 12.8 Å². The van der Waals surface area contributed by atoms with Crippen LogP contribution in [-0.2, 0) is 4.79 Å². The third-order valence-electron chi connectivity index (χ3n) is 4.79. The van der Waals surface area contributed by atoms with Gasteiger partial charge in [-0.25, -0.2) is 0 Å². The Morgan fingerprint density at radius 3 is 2.57 bits per heavy atom. The molecule has 0 bridgehead atoms. The van der Waals surface area contributed by atoms with Crippen LogP contribution in [0.2, 0.25) is 0 Å². The molecule has 1 saturated heterocycles.